The van der Waals surface area contributed by atoms with Crippen molar-refractivity contribution < 1.29 is 0 Å². The van der Waals surface area contributed by atoms with E-state index in [-0.39, 0.29) is 0 Å². The van der Waals surface area contributed by atoms with Gasteiger partial charge in [-0.15, -0.1) is 0 Å². The highest BCUT2D eigenvalue weighted by Crippen LogP contribution is 2.24. The molecule has 0 bridgehead atoms. The number of H-pyrrole nitrogens is 1. The zero-order valence-electron chi connectivity index (χ0n) is 21.1. The number of benzene rings is 2. The number of aromatic amines is 1. The molecule has 0 atom stereocenters. The molecule has 1 N–H and O–H groups in total. The van der Waals surface area contributed by atoms with Gasteiger partial charge in [-0.05, 0) is 30.5 Å². The van der Waals surface area contributed by atoms with E-state index in [1.165, 1.54) is 15.7 Å². The van der Waals surface area contributed by atoms with Crippen LogP contribution in [0.2, 0.25) is 0 Å². The molecule has 1 saturated heterocycles. The quantitative estimate of drug-likeness (QED) is 0.455. The number of anilines is 1. The first-order valence-corrected chi connectivity index (χ1v) is 12.4. The molecule has 5 rings (SSSR count). The number of hydrogen-bond acceptors (Lipinski definition) is 5. The molecular formula is C28H32N6O2. The number of aryl methyl sites for hydroxylation is 3. The third-order valence-electron chi connectivity index (χ3n) is 6.95. The standard InChI is InChI=1S/C28H32N6O2/c1-20-11-12-21(2)23(18-20)19-34-24-25(31(3)28(36)30-26(24)35)29-27(34)33-16-14-32(15-17-33)13-7-10-22-8-5-4-6-9-22/h4-12,18H,13-17,19H2,1-3H3,(H,30,35,36)/b10-7-. The molecule has 1 fully saturated rings. The van der Waals surface area contributed by atoms with Gasteiger partial charge in [-0.1, -0.05) is 66.2 Å². The van der Waals surface area contributed by atoms with Crippen molar-refractivity contribution in [3.63, 3.8) is 0 Å². The number of hydrogen-bond donors (Lipinski definition) is 1. The Bertz CT molecular complexity index is 1520. The van der Waals surface area contributed by atoms with Gasteiger partial charge in [0.2, 0.25) is 5.95 Å². The highest BCUT2D eigenvalue weighted by molar-refractivity contribution is 5.74. The van der Waals surface area contributed by atoms with Crippen molar-refractivity contribution in [2.75, 3.05) is 37.6 Å². The van der Waals surface area contributed by atoms with Gasteiger partial charge in [-0.3, -0.25) is 23.8 Å². The Hall–Kier alpha value is -3.91. The normalized spacial score (nSPS) is 14.8. The first-order chi connectivity index (χ1) is 17.4. The molecule has 0 amide bonds. The summed E-state index contributed by atoms with van der Waals surface area (Å²) in [5.74, 6) is 0.733. The van der Waals surface area contributed by atoms with Crippen LogP contribution in [-0.2, 0) is 13.6 Å². The minimum absolute atomic E-state index is 0.401. The van der Waals surface area contributed by atoms with E-state index in [9.17, 15) is 9.59 Å². The summed E-state index contributed by atoms with van der Waals surface area (Å²) in [6, 6.07) is 16.7. The fraction of sp³-hybridized carbons (Fsp3) is 0.321. The average Bonchev–Trinajstić information content (AvgIpc) is 3.26. The molecule has 8 heteroatoms. The first kappa shape index (κ1) is 23.8. The summed E-state index contributed by atoms with van der Waals surface area (Å²) in [5.41, 5.74) is 4.65. The Labute approximate surface area is 210 Å². The van der Waals surface area contributed by atoms with E-state index in [4.69, 9.17) is 4.98 Å². The molecule has 1 aliphatic rings. The van der Waals surface area contributed by atoms with Gasteiger partial charge in [-0.2, -0.15) is 4.98 Å². The molecule has 3 heterocycles. The summed E-state index contributed by atoms with van der Waals surface area (Å²) < 4.78 is 3.39. The molecule has 2 aromatic heterocycles. The molecule has 4 aromatic rings. The molecule has 0 unspecified atom stereocenters. The Morgan fingerprint density at radius 1 is 1.00 bits per heavy atom. The van der Waals surface area contributed by atoms with Crippen molar-refractivity contribution in [3.05, 3.63) is 97.7 Å². The van der Waals surface area contributed by atoms with Crippen molar-refractivity contribution in [3.8, 4) is 0 Å². The van der Waals surface area contributed by atoms with Crippen LogP contribution in [0.5, 0.6) is 0 Å². The van der Waals surface area contributed by atoms with Crippen LogP contribution in [0.4, 0.5) is 5.95 Å². The molecule has 0 saturated carbocycles. The lowest BCUT2D eigenvalue weighted by Gasteiger charge is -2.35. The smallest absolute Gasteiger partial charge is 0.329 e. The molecule has 0 aliphatic carbocycles. The van der Waals surface area contributed by atoms with E-state index >= 15 is 0 Å². The van der Waals surface area contributed by atoms with Crippen LogP contribution in [0.3, 0.4) is 0 Å². The fourth-order valence-electron chi connectivity index (χ4n) is 4.79. The van der Waals surface area contributed by atoms with Crippen molar-refractivity contribution in [1.82, 2.24) is 24.0 Å². The number of nitrogens with one attached hydrogen (secondary N) is 1. The molecule has 2 aromatic carbocycles. The van der Waals surface area contributed by atoms with Crippen LogP contribution in [0.25, 0.3) is 17.2 Å². The van der Waals surface area contributed by atoms with Gasteiger partial charge in [0, 0.05) is 39.8 Å². The highest BCUT2D eigenvalue weighted by atomic mass is 16.2. The van der Waals surface area contributed by atoms with Gasteiger partial charge >= 0.3 is 5.69 Å². The summed E-state index contributed by atoms with van der Waals surface area (Å²) in [4.78, 5) is 37.1. The number of aromatic nitrogens is 4. The maximum Gasteiger partial charge on any atom is 0.329 e. The topological polar surface area (TPSA) is 79.2 Å². The van der Waals surface area contributed by atoms with Gasteiger partial charge in [0.05, 0.1) is 6.54 Å². The summed E-state index contributed by atoms with van der Waals surface area (Å²) in [7, 11) is 1.65. The maximum absolute atomic E-state index is 12.9. The average molecular weight is 485 g/mol. The lowest BCUT2D eigenvalue weighted by molar-refractivity contribution is 0.282. The third-order valence-corrected chi connectivity index (χ3v) is 6.95. The van der Waals surface area contributed by atoms with Crippen LogP contribution in [0.1, 0.15) is 22.3 Å². The van der Waals surface area contributed by atoms with Crippen molar-refractivity contribution in [1.29, 1.82) is 0 Å². The fourth-order valence-corrected chi connectivity index (χ4v) is 4.79. The summed E-state index contributed by atoms with van der Waals surface area (Å²) >= 11 is 0. The minimum Gasteiger partial charge on any atom is -0.340 e. The van der Waals surface area contributed by atoms with Crippen molar-refractivity contribution in [2.45, 2.75) is 20.4 Å². The van der Waals surface area contributed by atoms with E-state index in [0.29, 0.717) is 17.7 Å². The van der Waals surface area contributed by atoms with Crippen LogP contribution < -0.4 is 16.1 Å². The lowest BCUT2D eigenvalue weighted by atomic mass is 10.1. The predicted molar refractivity (Wildman–Crippen MR) is 145 cm³/mol. The monoisotopic (exact) mass is 484 g/mol. The van der Waals surface area contributed by atoms with Crippen molar-refractivity contribution in [2.24, 2.45) is 7.05 Å². The number of fused-ring (bicyclic) bond motifs is 1. The molecule has 36 heavy (non-hydrogen) atoms. The largest absolute Gasteiger partial charge is 0.340 e. The zero-order chi connectivity index (χ0) is 25.2. The maximum atomic E-state index is 12.9. The Morgan fingerprint density at radius 3 is 2.50 bits per heavy atom. The first-order valence-electron chi connectivity index (χ1n) is 12.4. The molecule has 0 spiro atoms. The Morgan fingerprint density at radius 2 is 1.75 bits per heavy atom. The number of rotatable bonds is 6. The van der Waals surface area contributed by atoms with Crippen LogP contribution in [-0.4, -0.2) is 56.7 Å². The van der Waals surface area contributed by atoms with Crippen LogP contribution in [0.15, 0.2) is 64.2 Å². The number of imidazole rings is 1. The van der Waals surface area contributed by atoms with Crippen LogP contribution in [0, 0.1) is 13.8 Å². The second kappa shape index (κ2) is 9.99. The van der Waals surface area contributed by atoms with E-state index < -0.39 is 11.2 Å². The van der Waals surface area contributed by atoms with E-state index in [2.05, 4.69) is 71.1 Å². The highest BCUT2D eigenvalue weighted by Gasteiger charge is 2.25. The molecule has 186 valence electrons. The van der Waals surface area contributed by atoms with Crippen molar-refractivity contribution >= 4 is 23.2 Å². The van der Waals surface area contributed by atoms with Crippen LogP contribution >= 0.6 is 0 Å². The Balaban J connectivity index is 1.42. The second-order valence-electron chi connectivity index (χ2n) is 9.52. The van der Waals surface area contributed by atoms with E-state index in [1.807, 2.05) is 22.8 Å². The predicted octanol–water partition coefficient (Wildman–Crippen LogP) is 2.92. The number of nitrogens with zero attached hydrogens (tertiary/aromatic N) is 5. The molecule has 0 radical (unpaired) electrons. The minimum atomic E-state index is -0.453. The summed E-state index contributed by atoms with van der Waals surface area (Å²) in [5, 5.41) is 0. The molecule has 8 nitrogen and oxygen atoms in total. The van der Waals surface area contributed by atoms with E-state index in [1.54, 1.807) is 7.05 Å². The van der Waals surface area contributed by atoms with Gasteiger partial charge in [0.25, 0.3) is 5.56 Å². The summed E-state index contributed by atoms with van der Waals surface area (Å²) in [6.45, 7) is 8.91. The Kier molecular flexibility index (Phi) is 6.61. The van der Waals surface area contributed by atoms with E-state index in [0.717, 1.165) is 49.8 Å². The third kappa shape index (κ3) is 4.77. The summed E-state index contributed by atoms with van der Waals surface area (Å²) in [6.07, 6.45) is 4.36. The van der Waals surface area contributed by atoms with Gasteiger partial charge in [0.1, 0.15) is 0 Å². The van der Waals surface area contributed by atoms with Gasteiger partial charge < -0.3 is 4.90 Å². The second-order valence-corrected chi connectivity index (χ2v) is 9.52. The zero-order valence-corrected chi connectivity index (χ0v) is 21.1. The molecule has 1 aliphatic heterocycles. The lowest BCUT2D eigenvalue weighted by Crippen LogP contribution is -2.47. The van der Waals surface area contributed by atoms with Gasteiger partial charge in [0.15, 0.2) is 11.2 Å². The SMILES string of the molecule is Cc1ccc(C)c(Cn2c(N3CCN(C/C=C\c4ccccc4)CC3)nc3c2c(=O)[nH]c(=O)n3C)c1. The number of piperazine rings is 1. The molecular weight excluding hydrogens is 452 g/mol. The van der Waals surface area contributed by atoms with Gasteiger partial charge in [-0.25, -0.2) is 4.79 Å².